The molecule has 0 atom stereocenters. The third-order valence-electron chi connectivity index (χ3n) is 2.05. The van der Waals surface area contributed by atoms with Crippen molar-refractivity contribution in [3.05, 3.63) is 28.8 Å². The van der Waals surface area contributed by atoms with Crippen molar-refractivity contribution in [1.82, 2.24) is 0 Å². The Balaban J connectivity index is 2.20. The van der Waals surface area contributed by atoms with Crippen LogP contribution in [0.15, 0.2) is 33.4 Å². The SMILES string of the molecule is Cc1c(Cl)cccc1N=NC1=NCCS1. The Hall–Kier alpha value is -0.870. The number of benzene rings is 1. The quantitative estimate of drug-likeness (QED) is 0.686. The molecule has 0 spiro atoms. The minimum absolute atomic E-state index is 0.715. The molecule has 0 radical (unpaired) electrons. The average molecular weight is 240 g/mol. The van der Waals surface area contributed by atoms with Gasteiger partial charge >= 0.3 is 0 Å². The first kappa shape index (κ1) is 10.6. The summed E-state index contributed by atoms with van der Waals surface area (Å²) < 4.78 is 0. The number of rotatable bonds is 1. The molecule has 3 nitrogen and oxygen atoms in total. The predicted octanol–water partition coefficient (Wildman–Crippen LogP) is 3.83. The summed E-state index contributed by atoms with van der Waals surface area (Å²) in [5, 5.41) is 9.69. The zero-order chi connectivity index (χ0) is 10.7. The van der Waals surface area contributed by atoms with Gasteiger partial charge in [-0.2, -0.15) is 0 Å². The molecule has 0 fully saturated rings. The van der Waals surface area contributed by atoms with Crippen LogP contribution in [0, 0.1) is 6.92 Å². The molecule has 1 aliphatic heterocycles. The van der Waals surface area contributed by atoms with Crippen LogP contribution in [-0.4, -0.2) is 17.5 Å². The van der Waals surface area contributed by atoms with E-state index in [2.05, 4.69) is 15.2 Å². The molecule has 0 saturated heterocycles. The normalized spacial score (nSPS) is 16.0. The Bertz CT molecular complexity index is 429. The second-order valence-corrected chi connectivity index (χ2v) is 4.57. The smallest absolute Gasteiger partial charge is 0.204 e. The third kappa shape index (κ3) is 2.58. The minimum Gasteiger partial charge on any atom is -0.258 e. The van der Waals surface area contributed by atoms with Crippen LogP contribution in [0.1, 0.15) is 5.56 Å². The van der Waals surface area contributed by atoms with E-state index in [4.69, 9.17) is 11.6 Å². The molecule has 1 aromatic carbocycles. The molecule has 1 aliphatic rings. The van der Waals surface area contributed by atoms with E-state index in [0.29, 0.717) is 5.02 Å². The first-order valence-corrected chi connectivity index (χ1v) is 5.98. The highest BCUT2D eigenvalue weighted by Crippen LogP contribution is 2.26. The fourth-order valence-electron chi connectivity index (χ4n) is 1.19. The van der Waals surface area contributed by atoms with Crippen LogP contribution in [-0.2, 0) is 0 Å². The van der Waals surface area contributed by atoms with E-state index in [9.17, 15) is 0 Å². The van der Waals surface area contributed by atoms with Crippen LogP contribution in [0.5, 0.6) is 0 Å². The fourth-order valence-corrected chi connectivity index (χ4v) is 2.00. The number of nitrogens with zero attached hydrogens (tertiary/aromatic N) is 3. The van der Waals surface area contributed by atoms with Gasteiger partial charge in [0.1, 0.15) is 0 Å². The molecular formula is C10H10ClN3S. The highest BCUT2D eigenvalue weighted by atomic mass is 35.5. The molecular weight excluding hydrogens is 230 g/mol. The zero-order valence-electron chi connectivity index (χ0n) is 8.27. The van der Waals surface area contributed by atoms with Crippen molar-refractivity contribution >= 4 is 34.2 Å². The van der Waals surface area contributed by atoms with E-state index in [0.717, 1.165) is 28.7 Å². The maximum Gasteiger partial charge on any atom is 0.204 e. The number of hydrogen-bond donors (Lipinski definition) is 0. The summed E-state index contributed by atoms with van der Waals surface area (Å²) in [6.07, 6.45) is 0. The summed E-state index contributed by atoms with van der Waals surface area (Å²) in [5.41, 5.74) is 1.75. The topological polar surface area (TPSA) is 37.1 Å². The summed E-state index contributed by atoms with van der Waals surface area (Å²) in [7, 11) is 0. The van der Waals surface area contributed by atoms with Gasteiger partial charge in [0.15, 0.2) is 0 Å². The highest BCUT2D eigenvalue weighted by Gasteiger charge is 2.06. The maximum atomic E-state index is 5.97. The summed E-state index contributed by atoms with van der Waals surface area (Å²) in [4.78, 5) is 4.19. The third-order valence-corrected chi connectivity index (χ3v) is 3.32. The van der Waals surface area contributed by atoms with Gasteiger partial charge in [-0.05, 0) is 24.6 Å². The molecule has 0 bridgehead atoms. The second kappa shape index (κ2) is 4.77. The van der Waals surface area contributed by atoms with Crippen LogP contribution in [0.4, 0.5) is 5.69 Å². The number of thioether (sulfide) groups is 1. The lowest BCUT2D eigenvalue weighted by Gasteiger charge is -1.99. The molecule has 0 aliphatic carbocycles. The van der Waals surface area contributed by atoms with Crippen molar-refractivity contribution in [2.45, 2.75) is 6.92 Å². The molecule has 0 unspecified atom stereocenters. The van der Waals surface area contributed by atoms with E-state index in [1.807, 2.05) is 25.1 Å². The van der Waals surface area contributed by atoms with E-state index < -0.39 is 0 Å². The Morgan fingerprint density at radius 2 is 2.27 bits per heavy atom. The summed E-state index contributed by atoms with van der Waals surface area (Å²) in [6.45, 7) is 2.77. The van der Waals surface area contributed by atoms with Crippen LogP contribution in [0.3, 0.4) is 0 Å². The molecule has 5 heteroatoms. The van der Waals surface area contributed by atoms with Gasteiger partial charge in [0.2, 0.25) is 5.17 Å². The van der Waals surface area contributed by atoms with Crippen molar-refractivity contribution in [2.24, 2.45) is 15.2 Å². The Morgan fingerprint density at radius 1 is 1.40 bits per heavy atom. The highest BCUT2D eigenvalue weighted by molar-refractivity contribution is 8.14. The van der Waals surface area contributed by atoms with Gasteiger partial charge in [-0.25, -0.2) is 0 Å². The molecule has 1 heterocycles. The van der Waals surface area contributed by atoms with Crippen molar-refractivity contribution in [3.63, 3.8) is 0 Å². The predicted molar refractivity (Wildman–Crippen MR) is 65.5 cm³/mol. The Morgan fingerprint density at radius 3 is 3.00 bits per heavy atom. The number of amidine groups is 1. The molecule has 2 rings (SSSR count). The molecule has 1 aromatic rings. The molecule has 0 N–H and O–H groups in total. The molecule has 0 saturated carbocycles. The van der Waals surface area contributed by atoms with Crippen LogP contribution >= 0.6 is 23.4 Å². The minimum atomic E-state index is 0.715. The summed E-state index contributed by atoms with van der Waals surface area (Å²) >= 11 is 7.60. The zero-order valence-corrected chi connectivity index (χ0v) is 9.85. The van der Waals surface area contributed by atoms with Gasteiger partial charge in [0, 0.05) is 10.8 Å². The summed E-state index contributed by atoms with van der Waals surface area (Å²) in [6, 6.07) is 5.61. The van der Waals surface area contributed by atoms with Gasteiger partial charge in [0.05, 0.1) is 12.2 Å². The second-order valence-electron chi connectivity index (χ2n) is 3.10. The van der Waals surface area contributed by atoms with Crippen molar-refractivity contribution in [3.8, 4) is 0 Å². The number of halogens is 1. The van der Waals surface area contributed by atoms with Crippen LogP contribution < -0.4 is 0 Å². The van der Waals surface area contributed by atoms with Crippen molar-refractivity contribution in [2.75, 3.05) is 12.3 Å². The number of aliphatic imine (C=N–C) groups is 1. The lowest BCUT2D eigenvalue weighted by Crippen LogP contribution is -1.79. The van der Waals surface area contributed by atoms with E-state index >= 15 is 0 Å². The van der Waals surface area contributed by atoms with E-state index in [1.165, 1.54) is 0 Å². The Kier molecular flexibility index (Phi) is 3.38. The monoisotopic (exact) mass is 239 g/mol. The van der Waals surface area contributed by atoms with Gasteiger partial charge in [-0.1, -0.05) is 29.4 Å². The average Bonchev–Trinajstić information content (AvgIpc) is 2.73. The molecule has 0 amide bonds. The van der Waals surface area contributed by atoms with E-state index in [-0.39, 0.29) is 0 Å². The van der Waals surface area contributed by atoms with E-state index in [1.54, 1.807) is 11.8 Å². The molecule has 15 heavy (non-hydrogen) atoms. The molecule has 78 valence electrons. The maximum absolute atomic E-state index is 5.97. The van der Waals surface area contributed by atoms with Crippen LogP contribution in [0.2, 0.25) is 5.02 Å². The van der Waals surface area contributed by atoms with Gasteiger partial charge < -0.3 is 0 Å². The van der Waals surface area contributed by atoms with Crippen molar-refractivity contribution < 1.29 is 0 Å². The van der Waals surface area contributed by atoms with Crippen molar-refractivity contribution in [1.29, 1.82) is 0 Å². The fraction of sp³-hybridized carbons (Fsp3) is 0.300. The number of hydrogen-bond acceptors (Lipinski definition) is 4. The lowest BCUT2D eigenvalue weighted by atomic mass is 10.2. The standard InChI is InChI=1S/C10H10ClN3S/c1-7-8(11)3-2-4-9(7)13-14-10-12-5-6-15-10/h2-4H,5-6H2,1H3. The Labute approximate surface area is 97.7 Å². The molecule has 0 aromatic heterocycles. The van der Waals surface area contributed by atoms with Gasteiger partial charge in [0.25, 0.3) is 0 Å². The van der Waals surface area contributed by atoms with Gasteiger partial charge in [-0.15, -0.1) is 10.2 Å². The first-order chi connectivity index (χ1) is 7.27. The number of azo groups is 1. The summed E-state index contributed by atoms with van der Waals surface area (Å²) in [5.74, 6) is 1.00. The first-order valence-electron chi connectivity index (χ1n) is 4.61. The van der Waals surface area contributed by atoms with Crippen LogP contribution in [0.25, 0.3) is 0 Å². The lowest BCUT2D eigenvalue weighted by molar-refractivity contribution is 1.16. The van der Waals surface area contributed by atoms with Gasteiger partial charge in [-0.3, -0.25) is 4.99 Å². The largest absolute Gasteiger partial charge is 0.258 e.